The largest absolute Gasteiger partial charge is 0.322 e. The first-order valence-corrected chi connectivity index (χ1v) is 8.88. The lowest BCUT2D eigenvalue weighted by Crippen LogP contribution is -2.15. The van der Waals surface area contributed by atoms with E-state index < -0.39 is 10.8 Å². The second-order valence-corrected chi connectivity index (χ2v) is 6.56. The van der Waals surface area contributed by atoms with Crippen LogP contribution in [-0.4, -0.2) is 16.7 Å². The summed E-state index contributed by atoms with van der Waals surface area (Å²) in [5.74, 6) is -0.726. The van der Waals surface area contributed by atoms with Crippen molar-refractivity contribution in [3.05, 3.63) is 99.1 Å². The molecule has 2 N–H and O–H groups in total. The summed E-state index contributed by atoms with van der Waals surface area (Å²) in [6.45, 7) is 3.47. The summed E-state index contributed by atoms with van der Waals surface area (Å²) in [6.07, 6.45) is 0. The van der Waals surface area contributed by atoms with Crippen molar-refractivity contribution in [2.75, 3.05) is 10.6 Å². The number of amides is 2. The second-order valence-electron chi connectivity index (χ2n) is 6.56. The first-order chi connectivity index (χ1) is 13.8. The van der Waals surface area contributed by atoms with Crippen LogP contribution in [-0.2, 0) is 0 Å². The van der Waals surface area contributed by atoms with E-state index in [1.165, 1.54) is 18.2 Å². The van der Waals surface area contributed by atoms with Crippen molar-refractivity contribution in [1.82, 2.24) is 0 Å². The standard InChI is InChI=1S/C22H19N3O4/c1-14-6-3-4-9-19(14)22(27)24-18-8-5-7-17(13-18)23-21(26)16-11-10-15(2)20(12-16)25(28)29/h3-13H,1-2H3,(H,23,26)(H,24,27). The summed E-state index contributed by atoms with van der Waals surface area (Å²) in [6, 6.07) is 18.2. The quantitative estimate of drug-likeness (QED) is 0.487. The number of aryl methyl sites for hydroxylation is 2. The molecule has 0 spiro atoms. The monoisotopic (exact) mass is 389 g/mol. The first-order valence-electron chi connectivity index (χ1n) is 8.88. The van der Waals surface area contributed by atoms with Gasteiger partial charge < -0.3 is 10.6 Å². The van der Waals surface area contributed by atoms with Crippen molar-refractivity contribution in [3.63, 3.8) is 0 Å². The molecule has 7 heteroatoms. The molecular weight excluding hydrogens is 370 g/mol. The molecule has 146 valence electrons. The van der Waals surface area contributed by atoms with Crippen LogP contribution < -0.4 is 10.6 Å². The molecule has 0 fully saturated rings. The molecule has 0 aromatic heterocycles. The van der Waals surface area contributed by atoms with Crippen LogP contribution in [0.5, 0.6) is 0 Å². The fraction of sp³-hybridized carbons (Fsp3) is 0.0909. The lowest BCUT2D eigenvalue weighted by Gasteiger charge is -2.10. The lowest BCUT2D eigenvalue weighted by molar-refractivity contribution is -0.385. The van der Waals surface area contributed by atoms with Crippen LogP contribution in [0.25, 0.3) is 0 Å². The Morgan fingerprint density at radius 3 is 2.10 bits per heavy atom. The van der Waals surface area contributed by atoms with Gasteiger partial charge in [0.15, 0.2) is 0 Å². The summed E-state index contributed by atoms with van der Waals surface area (Å²) in [5.41, 5.74) is 2.94. The molecule has 3 aromatic carbocycles. The maximum absolute atomic E-state index is 12.5. The van der Waals surface area contributed by atoms with Gasteiger partial charge >= 0.3 is 0 Å². The fourth-order valence-electron chi connectivity index (χ4n) is 2.85. The molecule has 0 radical (unpaired) electrons. The molecule has 7 nitrogen and oxygen atoms in total. The van der Waals surface area contributed by atoms with Gasteiger partial charge in [0.25, 0.3) is 17.5 Å². The number of carbonyl (C=O) groups is 2. The predicted molar refractivity (Wildman–Crippen MR) is 111 cm³/mol. The predicted octanol–water partition coefficient (Wildman–Crippen LogP) is 4.72. The molecule has 29 heavy (non-hydrogen) atoms. The van der Waals surface area contributed by atoms with Crippen molar-refractivity contribution >= 4 is 28.9 Å². The van der Waals surface area contributed by atoms with E-state index in [4.69, 9.17) is 0 Å². The van der Waals surface area contributed by atoms with E-state index in [9.17, 15) is 19.7 Å². The van der Waals surface area contributed by atoms with E-state index >= 15 is 0 Å². The highest BCUT2D eigenvalue weighted by atomic mass is 16.6. The van der Waals surface area contributed by atoms with Gasteiger partial charge in [-0.25, -0.2) is 0 Å². The third kappa shape index (κ3) is 4.65. The molecule has 0 aliphatic heterocycles. The Kier molecular flexibility index (Phi) is 5.69. The van der Waals surface area contributed by atoms with Gasteiger partial charge in [-0.05, 0) is 49.7 Å². The molecule has 0 saturated carbocycles. The zero-order chi connectivity index (χ0) is 21.0. The number of hydrogen-bond acceptors (Lipinski definition) is 4. The number of anilines is 2. The lowest BCUT2D eigenvalue weighted by atomic mass is 10.1. The number of nitro benzene ring substituents is 1. The number of benzene rings is 3. The van der Waals surface area contributed by atoms with Crippen molar-refractivity contribution < 1.29 is 14.5 Å². The highest BCUT2D eigenvalue weighted by Crippen LogP contribution is 2.21. The van der Waals surface area contributed by atoms with Gasteiger partial charge in [-0.2, -0.15) is 0 Å². The van der Waals surface area contributed by atoms with Crippen molar-refractivity contribution in [1.29, 1.82) is 0 Å². The minimum Gasteiger partial charge on any atom is -0.322 e. The Morgan fingerprint density at radius 1 is 0.793 bits per heavy atom. The number of nitrogens with one attached hydrogen (secondary N) is 2. The Balaban J connectivity index is 1.75. The molecule has 0 unspecified atom stereocenters. The Morgan fingerprint density at radius 2 is 1.45 bits per heavy atom. The number of nitrogens with zero attached hydrogens (tertiary/aromatic N) is 1. The Hall–Kier alpha value is -4.00. The summed E-state index contributed by atoms with van der Waals surface area (Å²) >= 11 is 0. The molecule has 0 aliphatic rings. The van der Waals surface area contributed by atoms with Crippen LogP contribution in [0.4, 0.5) is 17.1 Å². The van der Waals surface area contributed by atoms with E-state index in [2.05, 4.69) is 10.6 Å². The Bertz CT molecular complexity index is 1110. The zero-order valence-corrected chi connectivity index (χ0v) is 15.9. The molecule has 2 amide bonds. The summed E-state index contributed by atoms with van der Waals surface area (Å²) in [4.78, 5) is 35.5. The van der Waals surface area contributed by atoms with E-state index in [1.807, 2.05) is 19.1 Å². The van der Waals surface area contributed by atoms with Crippen LogP contribution in [0, 0.1) is 24.0 Å². The zero-order valence-electron chi connectivity index (χ0n) is 15.9. The number of hydrogen-bond donors (Lipinski definition) is 2. The molecule has 0 aliphatic carbocycles. The first kappa shape index (κ1) is 19.8. The number of carbonyl (C=O) groups excluding carboxylic acids is 2. The maximum Gasteiger partial charge on any atom is 0.273 e. The molecule has 0 heterocycles. The second kappa shape index (κ2) is 8.35. The minimum absolute atomic E-state index is 0.114. The highest BCUT2D eigenvalue weighted by Gasteiger charge is 2.15. The van der Waals surface area contributed by atoms with Crippen LogP contribution >= 0.6 is 0 Å². The third-order valence-corrected chi connectivity index (χ3v) is 4.44. The molecule has 3 aromatic rings. The van der Waals surface area contributed by atoms with Gasteiger partial charge in [0.1, 0.15) is 0 Å². The van der Waals surface area contributed by atoms with Gasteiger partial charge in [-0.3, -0.25) is 19.7 Å². The van der Waals surface area contributed by atoms with Crippen LogP contribution in [0.15, 0.2) is 66.7 Å². The maximum atomic E-state index is 12.5. The smallest absolute Gasteiger partial charge is 0.273 e. The van der Waals surface area contributed by atoms with Gasteiger partial charge in [-0.15, -0.1) is 0 Å². The van der Waals surface area contributed by atoms with Crippen molar-refractivity contribution in [3.8, 4) is 0 Å². The minimum atomic E-state index is -0.520. The van der Waals surface area contributed by atoms with E-state index in [-0.39, 0.29) is 17.2 Å². The summed E-state index contributed by atoms with van der Waals surface area (Å²) in [5, 5.41) is 16.6. The molecule has 0 atom stereocenters. The van der Waals surface area contributed by atoms with Gasteiger partial charge in [0.05, 0.1) is 4.92 Å². The molecule has 0 saturated heterocycles. The van der Waals surface area contributed by atoms with Gasteiger partial charge in [0.2, 0.25) is 0 Å². The average molecular weight is 389 g/mol. The van der Waals surface area contributed by atoms with E-state index in [1.54, 1.807) is 43.3 Å². The summed E-state index contributed by atoms with van der Waals surface area (Å²) < 4.78 is 0. The van der Waals surface area contributed by atoms with Gasteiger partial charge in [0, 0.05) is 34.1 Å². The number of rotatable bonds is 5. The highest BCUT2D eigenvalue weighted by molar-refractivity contribution is 6.07. The summed E-state index contributed by atoms with van der Waals surface area (Å²) in [7, 11) is 0. The SMILES string of the molecule is Cc1ccccc1C(=O)Nc1cccc(NC(=O)c2ccc(C)c([N+](=O)[O-])c2)c1. The normalized spacial score (nSPS) is 10.3. The molecular formula is C22H19N3O4. The third-order valence-electron chi connectivity index (χ3n) is 4.44. The number of nitro groups is 1. The average Bonchev–Trinajstić information content (AvgIpc) is 2.68. The van der Waals surface area contributed by atoms with E-state index in [0.717, 1.165) is 5.56 Å². The fourth-order valence-corrected chi connectivity index (χ4v) is 2.85. The topological polar surface area (TPSA) is 101 Å². The van der Waals surface area contributed by atoms with Gasteiger partial charge in [-0.1, -0.05) is 30.3 Å². The molecule has 0 bridgehead atoms. The van der Waals surface area contributed by atoms with Crippen molar-refractivity contribution in [2.24, 2.45) is 0 Å². The van der Waals surface area contributed by atoms with Crippen LogP contribution in [0.3, 0.4) is 0 Å². The van der Waals surface area contributed by atoms with E-state index in [0.29, 0.717) is 22.5 Å². The van der Waals surface area contributed by atoms with Crippen LogP contribution in [0.1, 0.15) is 31.8 Å². The molecule has 3 rings (SSSR count). The van der Waals surface area contributed by atoms with Crippen molar-refractivity contribution in [2.45, 2.75) is 13.8 Å². The van der Waals surface area contributed by atoms with Crippen LogP contribution in [0.2, 0.25) is 0 Å². The Labute approximate surface area is 167 Å².